The summed E-state index contributed by atoms with van der Waals surface area (Å²) in [7, 11) is 0. The van der Waals surface area contributed by atoms with E-state index in [1.54, 1.807) is 11.3 Å². The summed E-state index contributed by atoms with van der Waals surface area (Å²) in [6.45, 7) is 7.90. The van der Waals surface area contributed by atoms with Gasteiger partial charge in [-0.05, 0) is 50.6 Å². The average molecular weight is 305 g/mol. The standard InChI is InChI=1S/C17H23NO2S/c1-4-19-15-8-7-13(10-16(15)20-5-2)14(11-18)17-9-6-12(3)21-17/h6-10,14H,4-5,11,18H2,1-3H3. The Morgan fingerprint density at radius 2 is 1.76 bits per heavy atom. The zero-order valence-electron chi connectivity index (χ0n) is 12.9. The number of aryl methyl sites for hydroxylation is 1. The first-order chi connectivity index (χ1) is 10.2. The molecule has 3 nitrogen and oxygen atoms in total. The van der Waals surface area contributed by atoms with Crippen LogP contribution in [-0.2, 0) is 0 Å². The number of hydrogen-bond acceptors (Lipinski definition) is 4. The molecule has 0 bridgehead atoms. The Kier molecular flexibility index (Phi) is 5.65. The van der Waals surface area contributed by atoms with Crippen molar-refractivity contribution in [2.75, 3.05) is 19.8 Å². The third-order valence-electron chi connectivity index (χ3n) is 3.31. The van der Waals surface area contributed by atoms with Gasteiger partial charge in [0.05, 0.1) is 13.2 Å². The molecule has 21 heavy (non-hydrogen) atoms. The smallest absolute Gasteiger partial charge is 0.161 e. The third-order valence-corrected chi connectivity index (χ3v) is 4.42. The van der Waals surface area contributed by atoms with Gasteiger partial charge in [-0.15, -0.1) is 11.3 Å². The number of ether oxygens (including phenoxy) is 2. The molecule has 0 aliphatic carbocycles. The number of thiophene rings is 1. The number of benzene rings is 1. The van der Waals surface area contributed by atoms with Gasteiger partial charge in [0.1, 0.15) is 0 Å². The van der Waals surface area contributed by atoms with Crippen LogP contribution >= 0.6 is 11.3 Å². The van der Waals surface area contributed by atoms with E-state index in [0.717, 1.165) is 11.5 Å². The van der Waals surface area contributed by atoms with E-state index in [2.05, 4.69) is 31.2 Å². The molecule has 1 aromatic heterocycles. The lowest BCUT2D eigenvalue weighted by Crippen LogP contribution is -2.13. The molecule has 1 unspecified atom stereocenters. The van der Waals surface area contributed by atoms with E-state index < -0.39 is 0 Å². The van der Waals surface area contributed by atoms with E-state index in [1.807, 2.05) is 19.9 Å². The van der Waals surface area contributed by atoms with Crippen LogP contribution < -0.4 is 15.2 Å². The van der Waals surface area contributed by atoms with Gasteiger partial charge in [0, 0.05) is 22.2 Å². The first kappa shape index (κ1) is 15.9. The zero-order valence-corrected chi connectivity index (χ0v) is 13.7. The zero-order chi connectivity index (χ0) is 15.2. The summed E-state index contributed by atoms with van der Waals surface area (Å²) in [6, 6.07) is 10.4. The Morgan fingerprint density at radius 1 is 1.05 bits per heavy atom. The summed E-state index contributed by atoms with van der Waals surface area (Å²) < 4.78 is 11.3. The lowest BCUT2D eigenvalue weighted by atomic mass is 9.97. The topological polar surface area (TPSA) is 44.5 Å². The molecule has 0 saturated carbocycles. The first-order valence-electron chi connectivity index (χ1n) is 7.35. The highest BCUT2D eigenvalue weighted by molar-refractivity contribution is 7.12. The Morgan fingerprint density at radius 3 is 2.33 bits per heavy atom. The lowest BCUT2D eigenvalue weighted by Gasteiger charge is -2.17. The molecule has 0 amide bonds. The first-order valence-corrected chi connectivity index (χ1v) is 8.17. The van der Waals surface area contributed by atoms with Gasteiger partial charge in [0.25, 0.3) is 0 Å². The molecule has 2 aromatic rings. The fraction of sp³-hybridized carbons (Fsp3) is 0.412. The summed E-state index contributed by atoms with van der Waals surface area (Å²) in [5.74, 6) is 1.79. The van der Waals surface area contributed by atoms with Crippen molar-refractivity contribution in [3.05, 3.63) is 45.6 Å². The maximum atomic E-state index is 6.00. The third kappa shape index (κ3) is 3.77. The number of nitrogens with two attached hydrogens (primary N) is 1. The van der Waals surface area contributed by atoms with Crippen molar-refractivity contribution >= 4 is 11.3 Å². The molecule has 0 saturated heterocycles. The van der Waals surface area contributed by atoms with Crippen LogP contribution in [0.5, 0.6) is 11.5 Å². The highest BCUT2D eigenvalue weighted by atomic mass is 32.1. The fourth-order valence-corrected chi connectivity index (χ4v) is 3.36. The minimum absolute atomic E-state index is 0.207. The normalized spacial score (nSPS) is 12.2. The Hall–Kier alpha value is -1.52. The van der Waals surface area contributed by atoms with Crippen LogP contribution in [0.2, 0.25) is 0 Å². The van der Waals surface area contributed by atoms with Gasteiger partial charge in [-0.25, -0.2) is 0 Å². The minimum Gasteiger partial charge on any atom is -0.490 e. The van der Waals surface area contributed by atoms with E-state index in [1.165, 1.54) is 15.3 Å². The van der Waals surface area contributed by atoms with Gasteiger partial charge in [-0.1, -0.05) is 6.07 Å². The summed E-state index contributed by atoms with van der Waals surface area (Å²) >= 11 is 1.80. The van der Waals surface area contributed by atoms with Crippen molar-refractivity contribution in [3.8, 4) is 11.5 Å². The molecule has 0 aliphatic heterocycles. The summed E-state index contributed by atoms with van der Waals surface area (Å²) in [5, 5.41) is 0. The second-order valence-corrected chi connectivity index (χ2v) is 6.13. The van der Waals surface area contributed by atoms with Gasteiger partial charge in [-0.2, -0.15) is 0 Å². The van der Waals surface area contributed by atoms with E-state index >= 15 is 0 Å². The van der Waals surface area contributed by atoms with Crippen molar-refractivity contribution in [1.29, 1.82) is 0 Å². The second-order valence-electron chi connectivity index (χ2n) is 4.81. The van der Waals surface area contributed by atoms with E-state index in [9.17, 15) is 0 Å². The molecule has 0 fully saturated rings. The molecule has 1 heterocycles. The van der Waals surface area contributed by atoms with Gasteiger partial charge < -0.3 is 15.2 Å². The maximum absolute atomic E-state index is 6.00. The van der Waals surface area contributed by atoms with Crippen molar-refractivity contribution in [1.82, 2.24) is 0 Å². The van der Waals surface area contributed by atoms with E-state index in [0.29, 0.717) is 19.8 Å². The molecule has 4 heteroatoms. The van der Waals surface area contributed by atoms with Crippen LogP contribution in [-0.4, -0.2) is 19.8 Å². The largest absolute Gasteiger partial charge is 0.490 e. The Bertz CT molecular complexity index is 580. The quantitative estimate of drug-likeness (QED) is 0.842. The Labute approximate surface area is 130 Å². The fourth-order valence-electron chi connectivity index (χ4n) is 2.34. The van der Waals surface area contributed by atoms with Crippen molar-refractivity contribution in [3.63, 3.8) is 0 Å². The maximum Gasteiger partial charge on any atom is 0.161 e. The van der Waals surface area contributed by atoms with Gasteiger partial charge in [0.2, 0.25) is 0 Å². The number of rotatable bonds is 7. The highest BCUT2D eigenvalue weighted by Gasteiger charge is 2.17. The van der Waals surface area contributed by atoms with Gasteiger partial charge in [0.15, 0.2) is 11.5 Å². The van der Waals surface area contributed by atoms with Gasteiger partial charge >= 0.3 is 0 Å². The van der Waals surface area contributed by atoms with Gasteiger partial charge in [-0.3, -0.25) is 0 Å². The molecular formula is C17H23NO2S. The average Bonchev–Trinajstić information content (AvgIpc) is 2.89. The van der Waals surface area contributed by atoms with Crippen molar-refractivity contribution < 1.29 is 9.47 Å². The van der Waals surface area contributed by atoms with Crippen molar-refractivity contribution in [2.45, 2.75) is 26.7 Å². The molecule has 1 aromatic carbocycles. The monoisotopic (exact) mass is 305 g/mol. The predicted molar refractivity (Wildman–Crippen MR) is 88.7 cm³/mol. The molecule has 2 N–H and O–H groups in total. The van der Waals surface area contributed by atoms with Crippen LogP contribution in [0.25, 0.3) is 0 Å². The van der Waals surface area contributed by atoms with E-state index in [4.69, 9.17) is 15.2 Å². The lowest BCUT2D eigenvalue weighted by molar-refractivity contribution is 0.287. The summed E-state index contributed by atoms with van der Waals surface area (Å²) in [5.41, 5.74) is 7.17. The second kappa shape index (κ2) is 7.48. The molecule has 2 rings (SSSR count). The highest BCUT2D eigenvalue weighted by Crippen LogP contribution is 2.35. The summed E-state index contributed by atoms with van der Waals surface area (Å²) in [4.78, 5) is 2.60. The minimum atomic E-state index is 0.207. The molecule has 0 spiro atoms. The molecule has 114 valence electrons. The van der Waals surface area contributed by atoms with Crippen molar-refractivity contribution in [2.24, 2.45) is 5.73 Å². The van der Waals surface area contributed by atoms with Crippen LogP contribution in [0.3, 0.4) is 0 Å². The molecule has 0 radical (unpaired) electrons. The molecular weight excluding hydrogens is 282 g/mol. The van der Waals surface area contributed by atoms with Crippen LogP contribution in [0, 0.1) is 6.92 Å². The number of hydrogen-bond donors (Lipinski definition) is 1. The SMILES string of the molecule is CCOc1ccc(C(CN)c2ccc(C)s2)cc1OCC. The molecule has 0 aliphatic rings. The molecule has 1 atom stereocenters. The van der Waals surface area contributed by atoms with E-state index in [-0.39, 0.29) is 5.92 Å². The van der Waals surface area contributed by atoms with Crippen LogP contribution in [0.15, 0.2) is 30.3 Å². The summed E-state index contributed by atoms with van der Waals surface area (Å²) in [6.07, 6.45) is 0. The predicted octanol–water partition coefficient (Wildman–Crippen LogP) is 3.94. The van der Waals surface area contributed by atoms with Crippen LogP contribution in [0.4, 0.5) is 0 Å². The van der Waals surface area contributed by atoms with Crippen LogP contribution in [0.1, 0.15) is 35.1 Å². The Balaban J connectivity index is 2.35.